The van der Waals surface area contributed by atoms with E-state index in [1.54, 1.807) is 36.5 Å². The van der Waals surface area contributed by atoms with Crippen LogP contribution in [-0.2, 0) is 16.6 Å². The predicted molar refractivity (Wildman–Crippen MR) is 96.8 cm³/mol. The molecule has 142 valence electrons. The van der Waals surface area contributed by atoms with E-state index in [1.807, 2.05) is 29.0 Å². The molecule has 4 heterocycles. The number of aromatic nitrogens is 3. The van der Waals surface area contributed by atoms with Crippen molar-refractivity contribution in [1.82, 2.24) is 24.3 Å². The maximum atomic E-state index is 12.6. The zero-order chi connectivity index (χ0) is 19.0. The number of pyridine rings is 1. The van der Waals surface area contributed by atoms with Crippen LogP contribution in [0.3, 0.4) is 0 Å². The molecule has 2 saturated heterocycles. The minimum Gasteiger partial charge on any atom is -0.369 e. The number of methoxy groups -OCH3 is 1. The molecule has 0 aromatic carbocycles. The first-order valence-electron chi connectivity index (χ1n) is 9.13. The minimum absolute atomic E-state index is 0.0215. The Bertz CT molecular complexity index is 829. The van der Waals surface area contributed by atoms with Gasteiger partial charge >= 0.3 is 0 Å². The molecule has 0 N–H and O–H groups in total. The average molecular weight is 369 g/mol. The molecule has 0 saturated carbocycles. The Morgan fingerprint density at radius 2 is 1.89 bits per heavy atom. The molecule has 0 unspecified atom stereocenters. The molecule has 0 radical (unpaired) electrons. The lowest BCUT2D eigenvalue weighted by Gasteiger charge is -2.52. The summed E-state index contributed by atoms with van der Waals surface area (Å²) in [6, 6.07) is 3.87. The number of amides is 2. The van der Waals surface area contributed by atoms with Crippen LogP contribution in [0.2, 0.25) is 0 Å². The average Bonchev–Trinajstić information content (AvgIpc) is 3.13. The van der Waals surface area contributed by atoms with Gasteiger partial charge in [-0.3, -0.25) is 14.6 Å². The number of nitrogens with zero attached hydrogens (tertiary/aromatic N) is 5. The van der Waals surface area contributed by atoms with E-state index in [-0.39, 0.29) is 23.9 Å². The van der Waals surface area contributed by atoms with E-state index in [0.29, 0.717) is 18.9 Å². The smallest absolute Gasteiger partial charge is 0.289 e. The summed E-state index contributed by atoms with van der Waals surface area (Å²) in [6.07, 6.45) is 7.92. The van der Waals surface area contributed by atoms with Crippen LogP contribution < -0.4 is 0 Å². The summed E-state index contributed by atoms with van der Waals surface area (Å²) in [5, 5.41) is 0. The van der Waals surface area contributed by atoms with Crippen LogP contribution in [0.15, 0.2) is 36.9 Å². The van der Waals surface area contributed by atoms with Gasteiger partial charge in [-0.15, -0.1) is 0 Å². The summed E-state index contributed by atoms with van der Waals surface area (Å²) in [5.74, 6) is 0.409. The number of rotatable bonds is 4. The van der Waals surface area contributed by atoms with Gasteiger partial charge in [0.2, 0.25) is 0 Å². The second-order valence-electron chi connectivity index (χ2n) is 7.01. The molecule has 2 aromatic heterocycles. The largest absolute Gasteiger partial charge is 0.369 e. The number of likely N-dealkylation sites (tertiary alicyclic amines) is 2. The van der Waals surface area contributed by atoms with Gasteiger partial charge in [-0.1, -0.05) is 0 Å². The van der Waals surface area contributed by atoms with Crippen LogP contribution in [0, 0.1) is 0 Å². The number of ether oxygens (including phenoxy) is 1. The standard InChI is InChI=1S/C19H23N5O3/c1-22-12-9-21-17(22)19(26)23-10-5-14(6-11-23)24-15(16(27-2)18(24)25)13-3-7-20-8-4-13/h3-4,7-9,12,14-16H,5-6,10-11H2,1-2H3/t15-,16+/m0/s1. The van der Waals surface area contributed by atoms with Crippen molar-refractivity contribution >= 4 is 11.8 Å². The first-order valence-corrected chi connectivity index (χ1v) is 9.13. The zero-order valence-corrected chi connectivity index (χ0v) is 15.5. The van der Waals surface area contributed by atoms with E-state index in [9.17, 15) is 9.59 Å². The lowest BCUT2D eigenvalue weighted by molar-refractivity contribution is -0.178. The van der Waals surface area contributed by atoms with Crippen LogP contribution in [0.25, 0.3) is 0 Å². The number of carbonyl (C=O) groups excluding carboxylic acids is 2. The molecule has 8 heteroatoms. The molecular weight excluding hydrogens is 346 g/mol. The summed E-state index contributed by atoms with van der Waals surface area (Å²) < 4.78 is 7.15. The molecule has 2 aromatic rings. The third kappa shape index (κ3) is 2.99. The Labute approximate surface area is 157 Å². The Morgan fingerprint density at radius 3 is 2.48 bits per heavy atom. The van der Waals surface area contributed by atoms with Crippen LogP contribution in [0.4, 0.5) is 0 Å². The fourth-order valence-electron chi connectivity index (χ4n) is 4.08. The van der Waals surface area contributed by atoms with E-state index in [0.717, 1.165) is 18.4 Å². The maximum absolute atomic E-state index is 12.6. The highest BCUT2D eigenvalue weighted by Gasteiger charge is 2.51. The number of hydrogen-bond donors (Lipinski definition) is 0. The summed E-state index contributed by atoms with van der Waals surface area (Å²) in [5.41, 5.74) is 1.03. The lowest BCUT2D eigenvalue weighted by Crippen LogP contribution is -2.64. The van der Waals surface area contributed by atoms with Crippen LogP contribution in [0.5, 0.6) is 0 Å². The number of hydrogen-bond acceptors (Lipinski definition) is 5. The molecular formula is C19H23N5O3. The highest BCUT2D eigenvalue weighted by molar-refractivity contribution is 5.91. The van der Waals surface area contributed by atoms with Crippen molar-refractivity contribution in [3.8, 4) is 0 Å². The zero-order valence-electron chi connectivity index (χ0n) is 15.5. The van der Waals surface area contributed by atoms with E-state index in [1.165, 1.54) is 0 Å². The van der Waals surface area contributed by atoms with Crippen molar-refractivity contribution in [3.05, 3.63) is 48.3 Å². The van der Waals surface area contributed by atoms with Gasteiger partial charge in [0.25, 0.3) is 11.8 Å². The number of aryl methyl sites for hydroxylation is 1. The number of carbonyl (C=O) groups is 2. The Balaban J connectivity index is 1.45. The van der Waals surface area contributed by atoms with E-state index >= 15 is 0 Å². The molecule has 8 nitrogen and oxygen atoms in total. The van der Waals surface area contributed by atoms with Crippen molar-refractivity contribution in [2.45, 2.75) is 31.0 Å². The summed E-state index contributed by atoms with van der Waals surface area (Å²) in [4.78, 5) is 37.2. The maximum Gasteiger partial charge on any atom is 0.289 e. The number of imidazole rings is 1. The van der Waals surface area contributed by atoms with Crippen molar-refractivity contribution < 1.29 is 14.3 Å². The van der Waals surface area contributed by atoms with Gasteiger partial charge in [0.05, 0.1) is 6.04 Å². The first-order chi connectivity index (χ1) is 13.1. The van der Waals surface area contributed by atoms with Gasteiger partial charge < -0.3 is 19.1 Å². The minimum atomic E-state index is -0.445. The van der Waals surface area contributed by atoms with Gasteiger partial charge in [-0.25, -0.2) is 4.98 Å². The molecule has 4 rings (SSSR count). The molecule has 2 amide bonds. The molecule has 0 aliphatic carbocycles. The summed E-state index contributed by atoms with van der Waals surface area (Å²) in [6.45, 7) is 1.22. The van der Waals surface area contributed by atoms with Crippen molar-refractivity contribution in [1.29, 1.82) is 0 Å². The highest BCUT2D eigenvalue weighted by Crippen LogP contribution is 2.40. The second kappa shape index (κ2) is 7.11. The van der Waals surface area contributed by atoms with Crippen LogP contribution in [0.1, 0.15) is 35.1 Å². The molecule has 27 heavy (non-hydrogen) atoms. The van der Waals surface area contributed by atoms with Gasteiger partial charge in [-0.05, 0) is 30.5 Å². The molecule has 2 aliphatic heterocycles. The van der Waals surface area contributed by atoms with E-state index < -0.39 is 6.10 Å². The fourth-order valence-corrected chi connectivity index (χ4v) is 4.08. The van der Waals surface area contributed by atoms with Crippen LogP contribution >= 0.6 is 0 Å². The Kier molecular flexibility index (Phi) is 4.65. The molecule has 2 aliphatic rings. The van der Waals surface area contributed by atoms with Crippen molar-refractivity contribution in [2.24, 2.45) is 7.05 Å². The quantitative estimate of drug-likeness (QED) is 0.752. The van der Waals surface area contributed by atoms with Gasteiger partial charge in [0.1, 0.15) is 0 Å². The Hall–Kier alpha value is -2.74. The topological polar surface area (TPSA) is 80.6 Å². The van der Waals surface area contributed by atoms with Gasteiger partial charge in [0, 0.05) is 58.1 Å². The van der Waals surface area contributed by atoms with E-state index in [4.69, 9.17) is 4.74 Å². The molecule has 0 bridgehead atoms. The molecule has 0 spiro atoms. The lowest BCUT2D eigenvalue weighted by atomic mass is 9.86. The molecule has 2 atom stereocenters. The molecule has 2 fully saturated rings. The van der Waals surface area contributed by atoms with Crippen molar-refractivity contribution in [3.63, 3.8) is 0 Å². The number of β-lactam (4-membered cyclic amide) rings is 1. The highest BCUT2D eigenvalue weighted by atomic mass is 16.5. The summed E-state index contributed by atoms with van der Waals surface area (Å²) in [7, 11) is 3.39. The SMILES string of the molecule is CO[C@H]1C(=O)N(C2CCN(C(=O)c3nccn3C)CC2)[C@H]1c1ccncc1. The van der Waals surface area contributed by atoms with Gasteiger partial charge in [0.15, 0.2) is 11.9 Å². The number of piperidine rings is 1. The summed E-state index contributed by atoms with van der Waals surface area (Å²) >= 11 is 0. The van der Waals surface area contributed by atoms with Crippen molar-refractivity contribution in [2.75, 3.05) is 20.2 Å². The predicted octanol–water partition coefficient (Wildman–Crippen LogP) is 1.02. The first kappa shape index (κ1) is 17.7. The monoisotopic (exact) mass is 369 g/mol. The third-order valence-corrected chi connectivity index (χ3v) is 5.54. The van der Waals surface area contributed by atoms with Gasteiger partial charge in [-0.2, -0.15) is 0 Å². The second-order valence-corrected chi connectivity index (χ2v) is 7.01. The third-order valence-electron chi connectivity index (χ3n) is 5.54. The Morgan fingerprint density at radius 1 is 1.19 bits per heavy atom. The normalized spacial score (nSPS) is 23.4. The van der Waals surface area contributed by atoms with E-state index in [2.05, 4.69) is 9.97 Å². The van der Waals surface area contributed by atoms with Crippen LogP contribution in [-0.4, -0.2) is 68.5 Å². The fraction of sp³-hybridized carbons (Fsp3) is 0.474.